The van der Waals surface area contributed by atoms with E-state index in [2.05, 4.69) is 41.5 Å². The molecule has 0 fully saturated rings. The van der Waals surface area contributed by atoms with Gasteiger partial charge in [0.2, 0.25) is 0 Å². The highest BCUT2D eigenvalue weighted by Gasteiger charge is 2.19. The highest BCUT2D eigenvalue weighted by atomic mass is 16.6. The van der Waals surface area contributed by atoms with Gasteiger partial charge < -0.3 is 14.2 Å². The molecule has 0 aromatic rings. The van der Waals surface area contributed by atoms with Gasteiger partial charge in [0.25, 0.3) is 0 Å². The summed E-state index contributed by atoms with van der Waals surface area (Å²) in [6.07, 6.45) is 35.3. The van der Waals surface area contributed by atoms with E-state index in [0.29, 0.717) is 19.3 Å². The first-order valence-corrected chi connectivity index (χ1v) is 23.1. The van der Waals surface area contributed by atoms with E-state index < -0.39 is 6.10 Å². The third-order valence-electron chi connectivity index (χ3n) is 10.8. The number of unbranched alkanes of at least 4 members (excludes halogenated alkanes) is 22. The zero-order valence-corrected chi connectivity index (χ0v) is 36.3. The standard InChI is InChI=1S/C47H90O6/c1-7-43(6)35-29-23-18-20-26-32-38-47(50)53-44(40-52-46(49)37-31-25-19-17-22-28-34-42(4)5)39-51-45(48)36-30-24-16-14-12-10-8-9-11-13-15-21-27-33-41(2)3/h41-44H,7-40H2,1-6H3/t43?,44-/m0/s1. The van der Waals surface area contributed by atoms with Gasteiger partial charge >= 0.3 is 17.9 Å². The SMILES string of the molecule is CCC(C)CCCCCCCCC(=O)O[C@@H](COC(=O)CCCCCCCCCCCCCCCC(C)C)COC(=O)CCCCCCCCC(C)C. The van der Waals surface area contributed by atoms with Crippen LogP contribution in [0.2, 0.25) is 0 Å². The van der Waals surface area contributed by atoms with Gasteiger partial charge in [0, 0.05) is 19.3 Å². The fourth-order valence-corrected chi connectivity index (χ4v) is 6.85. The summed E-state index contributed by atoms with van der Waals surface area (Å²) in [6.45, 7) is 13.6. The molecule has 0 rings (SSSR count). The highest BCUT2D eigenvalue weighted by molar-refractivity contribution is 5.71. The van der Waals surface area contributed by atoms with Crippen LogP contribution in [0.25, 0.3) is 0 Å². The Labute approximate surface area is 329 Å². The lowest BCUT2D eigenvalue weighted by Gasteiger charge is -2.18. The molecule has 0 bridgehead atoms. The van der Waals surface area contributed by atoms with Gasteiger partial charge in [-0.2, -0.15) is 0 Å². The Balaban J connectivity index is 4.28. The predicted molar refractivity (Wildman–Crippen MR) is 224 cm³/mol. The minimum atomic E-state index is -0.762. The summed E-state index contributed by atoms with van der Waals surface area (Å²) < 4.78 is 16.7. The molecule has 0 heterocycles. The second kappa shape index (κ2) is 38.7. The van der Waals surface area contributed by atoms with Crippen LogP contribution in [0.15, 0.2) is 0 Å². The number of rotatable bonds is 40. The van der Waals surface area contributed by atoms with Crippen molar-refractivity contribution in [2.45, 2.75) is 253 Å². The molecule has 2 atom stereocenters. The Bertz CT molecular complexity index is 824. The molecule has 0 radical (unpaired) electrons. The average Bonchev–Trinajstić information content (AvgIpc) is 3.12. The smallest absolute Gasteiger partial charge is 0.306 e. The number of hydrogen-bond donors (Lipinski definition) is 0. The van der Waals surface area contributed by atoms with Gasteiger partial charge in [0.05, 0.1) is 0 Å². The Hall–Kier alpha value is -1.59. The Morgan fingerprint density at radius 1 is 0.377 bits per heavy atom. The van der Waals surface area contributed by atoms with E-state index >= 15 is 0 Å². The zero-order valence-electron chi connectivity index (χ0n) is 36.3. The van der Waals surface area contributed by atoms with Gasteiger partial charge in [-0.25, -0.2) is 0 Å². The minimum Gasteiger partial charge on any atom is -0.462 e. The van der Waals surface area contributed by atoms with E-state index in [9.17, 15) is 14.4 Å². The molecule has 0 aliphatic heterocycles. The normalized spacial score (nSPS) is 12.7. The highest BCUT2D eigenvalue weighted by Crippen LogP contribution is 2.17. The maximum Gasteiger partial charge on any atom is 0.306 e. The van der Waals surface area contributed by atoms with Crippen molar-refractivity contribution in [2.75, 3.05) is 13.2 Å². The van der Waals surface area contributed by atoms with Crippen LogP contribution in [-0.4, -0.2) is 37.2 Å². The second-order valence-corrected chi connectivity index (χ2v) is 17.2. The number of carbonyl (C=O) groups is 3. The van der Waals surface area contributed by atoms with Crippen LogP contribution in [0.1, 0.15) is 247 Å². The van der Waals surface area contributed by atoms with Crippen molar-refractivity contribution >= 4 is 17.9 Å². The van der Waals surface area contributed by atoms with E-state index in [1.54, 1.807) is 0 Å². The molecular formula is C47H90O6. The lowest BCUT2D eigenvalue weighted by molar-refractivity contribution is -0.167. The predicted octanol–water partition coefficient (Wildman–Crippen LogP) is 14.4. The summed E-state index contributed by atoms with van der Waals surface area (Å²) >= 11 is 0. The van der Waals surface area contributed by atoms with Crippen molar-refractivity contribution in [3.8, 4) is 0 Å². The third kappa shape index (κ3) is 39.9. The van der Waals surface area contributed by atoms with Crippen LogP contribution in [0, 0.1) is 17.8 Å². The largest absolute Gasteiger partial charge is 0.462 e. The minimum absolute atomic E-state index is 0.0671. The molecule has 0 saturated heterocycles. The van der Waals surface area contributed by atoms with Gasteiger partial charge in [-0.05, 0) is 37.0 Å². The van der Waals surface area contributed by atoms with Crippen molar-refractivity contribution < 1.29 is 28.6 Å². The molecule has 0 N–H and O–H groups in total. The van der Waals surface area contributed by atoms with Crippen LogP contribution in [0.3, 0.4) is 0 Å². The van der Waals surface area contributed by atoms with Crippen LogP contribution in [0.5, 0.6) is 0 Å². The molecule has 0 saturated carbocycles. The number of esters is 3. The molecular weight excluding hydrogens is 661 g/mol. The summed E-state index contributed by atoms with van der Waals surface area (Å²) in [5, 5.41) is 0. The first kappa shape index (κ1) is 51.4. The van der Waals surface area contributed by atoms with Gasteiger partial charge in [-0.1, -0.05) is 208 Å². The quantitative estimate of drug-likeness (QED) is 0.0352. The lowest BCUT2D eigenvalue weighted by atomic mass is 10.00. The Morgan fingerprint density at radius 3 is 0.981 bits per heavy atom. The van der Waals surface area contributed by atoms with E-state index in [1.165, 1.54) is 128 Å². The molecule has 0 amide bonds. The van der Waals surface area contributed by atoms with Crippen LogP contribution in [-0.2, 0) is 28.6 Å². The van der Waals surface area contributed by atoms with Gasteiger partial charge in [-0.15, -0.1) is 0 Å². The molecule has 6 heteroatoms. The van der Waals surface area contributed by atoms with Crippen molar-refractivity contribution in [3.63, 3.8) is 0 Å². The fraction of sp³-hybridized carbons (Fsp3) is 0.936. The number of carbonyl (C=O) groups excluding carboxylic acids is 3. The molecule has 0 spiro atoms. The third-order valence-corrected chi connectivity index (χ3v) is 10.8. The summed E-state index contributed by atoms with van der Waals surface area (Å²) in [7, 11) is 0. The number of hydrogen-bond acceptors (Lipinski definition) is 6. The van der Waals surface area contributed by atoms with Crippen molar-refractivity contribution in [2.24, 2.45) is 17.8 Å². The lowest BCUT2D eigenvalue weighted by Crippen LogP contribution is -2.30. The van der Waals surface area contributed by atoms with Gasteiger partial charge in [-0.3, -0.25) is 14.4 Å². The van der Waals surface area contributed by atoms with Crippen molar-refractivity contribution in [1.29, 1.82) is 0 Å². The fourth-order valence-electron chi connectivity index (χ4n) is 6.85. The zero-order chi connectivity index (χ0) is 39.2. The summed E-state index contributed by atoms with van der Waals surface area (Å²) in [5.41, 5.74) is 0. The van der Waals surface area contributed by atoms with E-state index in [0.717, 1.165) is 75.5 Å². The topological polar surface area (TPSA) is 78.9 Å². The Morgan fingerprint density at radius 2 is 0.660 bits per heavy atom. The average molecular weight is 751 g/mol. The molecule has 0 aromatic carbocycles. The van der Waals surface area contributed by atoms with Crippen LogP contribution >= 0.6 is 0 Å². The summed E-state index contributed by atoms with van der Waals surface area (Å²) in [6, 6.07) is 0. The summed E-state index contributed by atoms with van der Waals surface area (Å²) in [4.78, 5) is 37.7. The molecule has 314 valence electrons. The maximum atomic E-state index is 12.7. The first-order chi connectivity index (χ1) is 25.6. The molecule has 6 nitrogen and oxygen atoms in total. The maximum absolute atomic E-state index is 12.7. The number of ether oxygens (including phenoxy) is 3. The van der Waals surface area contributed by atoms with Gasteiger partial charge in [0.1, 0.15) is 13.2 Å². The first-order valence-electron chi connectivity index (χ1n) is 23.1. The van der Waals surface area contributed by atoms with E-state index in [4.69, 9.17) is 14.2 Å². The van der Waals surface area contributed by atoms with Crippen molar-refractivity contribution in [3.05, 3.63) is 0 Å². The van der Waals surface area contributed by atoms with Crippen LogP contribution < -0.4 is 0 Å². The van der Waals surface area contributed by atoms with E-state index in [-0.39, 0.29) is 31.1 Å². The molecule has 0 aromatic heterocycles. The molecule has 0 aliphatic rings. The summed E-state index contributed by atoms with van der Waals surface area (Å²) in [5.74, 6) is 1.54. The van der Waals surface area contributed by atoms with Crippen LogP contribution in [0.4, 0.5) is 0 Å². The Kier molecular flexibility index (Phi) is 37.5. The molecule has 1 unspecified atom stereocenters. The second-order valence-electron chi connectivity index (χ2n) is 17.2. The van der Waals surface area contributed by atoms with Gasteiger partial charge in [0.15, 0.2) is 6.10 Å². The molecule has 0 aliphatic carbocycles. The van der Waals surface area contributed by atoms with Crippen molar-refractivity contribution in [1.82, 2.24) is 0 Å². The van der Waals surface area contributed by atoms with E-state index in [1.807, 2.05) is 0 Å². The molecule has 53 heavy (non-hydrogen) atoms. The monoisotopic (exact) mass is 751 g/mol.